The van der Waals surface area contributed by atoms with E-state index in [2.05, 4.69) is 0 Å². The van der Waals surface area contributed by atoms with E-state index in [0.29, 0.717) is 6.61 Å². The van der Waals surface area contributed by atoms with Crippen LogP contribution < -0.4 is 0 Å². The molecule has 0 aliphatic heterocycles. The van der Waals surface area contributed by atoms with Crippen molar-refractivity contribution in [1.29, 1.82) is 0 Å². The highest BCUT2D eigenvalue weighted by Crippen LogP contribution is 2.28. The second-order valence-corrected chi connectivity index (χ2v) is 4.29. The summed E-state index contributed by atoms with van der Waals surface area (Å²) in [6.07, 6.45) is -0.0513. The molecule has 0 bridgehead atoms. The summed E-state index contributed by atoms with van der Waals surface area (Å²) in [4.78, 5) is 12.1. The van der Waals surface area contributed by atoms with E-state index in [1.165, 1.54) is 0 Å². The molecule has 3 nitrogen and oxygen atoms in total. The highest BCUT2D eigenvalue weighted by molar-refractivity contribution is 5.81. The molecule has 1 atom stereocenters. The summed E-state index contributed by atoms with van der Waals surface area (Å²) in [5, 5.41) is 0. The van der Waals surface area contributed by atoms with Gasteiger partial charge < -0.3 is 9.47 Å². The smallest absolute Gasteiger partial charge is 0.342 e. The molecular formula is C14H20O3. The molecule has 0 aromatic heterocycles. The fourth-order valence-corrected chi connectivity index (χ4v) is 1.73. The van der Waals surface area contributed by atoms with E-state index in [4.69, 9.17) is 9.47 Å². The van der Waals surface area contributed by atoms with E-state index in [-0.39, 0.29) is 12.1 Å². The zero-order valence-corrected chi connectivity index (χ0v) is 10.9. The molecule has 0 amide bonds. The molecule has 0 spiro atoms. The largest absolute Gasteiger partial charge is 0.464 e. The predicted octanol–water partition coefficient (Wildman–Crippen LogP) is 2.89. The van der Waals surface area contributed by atoms with Gasteiger partial charge in [-0.1, -0.05) is 30.3 Å². The lowest BCUT2D eigenvalue weighted by Crippen LogP contribution is -2.39. The first-order valence-electron chi connectivity index (χ1n) is 5.91. The summed E-state index contributed by atoms with van der Waals surface area (Å²) < 4.78 is 10.9. The summed E-state index contributed by atoms with van der Waals surface area (Å²) in [5.74, 6) is -0.347. The van der Waals surface area contributed by atoms with Crippen LogP contribution in [0.15, 0.2) is 30.3 Å². The minimum absolute atomic E-state index is 0.0513. The van der Waals surface area contributed by atoms with Crippen molar-refractivity contribution in [2.45, 2.75) is 39.4 Å². The van der Waals surface area contributed by atoms with Crippen molar-refractivity contribution in [3.8, 4) is 0 Å². The molecule has 1 unspecified atom stereocenters. The Balaban J connectivity index is 3.06. The molecule has 3 heteroatoms. The lowest BCUT2D eigenvalue weighted by atomic mass is 9.95. The summed E-state index contributed by atoms with van der Waals surface area (Å²) >= 11 is 0. The maximum atomic E-state index is 12.1. The maximum Gasteiger partial charge on any atom is 0.342 e. The molecule has 94 valence electrons. The Hall–Kier alpha value is -1.35. The number of carbonyl (C=O) groups is 1. The Morgan fingerprint density at radius 2 is 1.88 bits per heavy atom. The molecule has 1 aromatic rings. The fourth-order valence-electron chi connectivity index (χ4n) is 1.73. The Labute approximate surface area is 103 Å². The van der Waals surface area contributed by atoms with Crippen LogP contribution in [-0.2, 0) is 19.9 Å². The third-order valence-electron chi connectivity index (χ3n) is 2.46. The van der Waals surface area contributed by atoms with Crippen LogP contribution in [0.5, 0.6) is 0 Å². The standard InChI is InChI=1S/C14H20O3/c1-5-16-13(15)14(4,17-11(2)3)12-9-7-6-8-10-12/h6-11H,5H2,1-4H3. The summed E-state index contributed by atoms with van der Waals surface area (Å²) in [6.45, 7) is 7.70. The lowest BCUT2D eigenvalue weighted by molar-refractivity contribution is -0.177. The minimum Gasteiger partial charge on any atom is -0.464 e. The Kier molecular flexibility index (Phi) is 4.70. The molecule has 0 heterocycles. The van der Waals surface area contributed by atoms with E-state index in [9.17, 15) is 4.79 Å². The molecule has 0 saturated heterocycles. The first-order chi connectivity index (χ1) is 8.00. The third-order valence-corrected chi connectivity index (χ3v) is 2.46. The second kappa shape index (κ2) is 5.82. The van der Waals surface area contributed by atoms with E-state index in [0.717, 1.165) is 5.56 Å². The second-order valence-electron chi connectivity index (χ2n) is 4.29. The number of ether oxygens (including phenoxy) is 2. The van der Waals surface area contributed by atoms with Gasteiger partial charge in [0.05, 0.1) is 12.7 Å². The van der Waals surface area contributed by atoms with Gasteiger partial charge in [0.15, 0.2) is 5.60 Å². The van der Waals surface area contributed by atoms with Gasteiger partial charge in [-0.25, -0.2) is 4.79 Å². The van der Waals surface area contributed by atoms with Gasteiger partial charge in [0.1, 0.15) is 0 Å². The monoisotopic (exact) mass is 236 g/mol. The maximum absolute atomic E-state index is 12.1. The van der Waals surface area contributed by atoms with Crippen molar-refractivity contribution in [2.75, 3.05) is 6.61 Å². The van der Waals surface area contributed by atoms with Gasteiger partial charge in [0.2, 0.25) is 0 Å². The molecule has 17 heavy (non-hydrogen) atoms. The van der Waals surface area contributed by atoms with Gasteiger partial charge in [-0.05, 0) is 33.3 Å². The van der Waals surface area contributed by atoms with Crippen LogP contribution in [0.3, 0.4) is 0 Å². The van der Waals surface area contributed by atoms with Crippen molar-refractivity contribution in [3.63, 3.8) is 0 Å². The van der Waals surface area contributed by atoms with Gasteiger partial charge in [0.25, 0.3) is 0 Å². The summed E-state index contributed by atoms with van der Waals surface area (Å²) in [7, 11) is 0. The molecule has 0 saturated carbocycles. The van der Waals surface area contributed by atoms with Crippen LogP contribution in [0.1, 0.15) is 33.3 Å². The van der Waals surface area contributed by atoms with Crippen LogP contribution in [0, 0.1) is 0 Å². The van der Waals surface area contributed by atoms with E-state index < -0.39 is 5.60 Å². The first-order valence-corrected chi connectivity index (χ1v) is 5.91. The molecule has 0 fully saturated rings. The topological polar surface area (TPSA) is 35.5 Å². The highest BCUT2D eigenvalue weighted by Gasteiger charge is 2.38. The van der Waals surface area contributed by atoms with Crippen LogP contribution in [0.4, 0.5) is 0 Å². The molecular weight excluding hydrogens is 216 g/mol. The lowest BCUT2D eigenvalue weighted by Gasteiger charge is -2.30. The first kappa shape index (κ1) is 13.7. The van der Waals surface area contributed by atoms with Crippen molar-refractivity contribution in [3.05, 3.63) is 35.9 Å². The molecule has 0 radical (unpaired) electrons. The number of hydrogen-bond donors (Lipinski definition) is 0. The molecule has 0 aliphatic rings. The van der Waals surface area contributed by atoms with Crippen LogP contribution in [0.2, 0.25) is 0 Å². The number of hydrogen-bond acceptors (Lipinski definition) is 3. The van der Waals surface area contributed by atoms with E-state index >= 15 is 0 Å². The average Bonchev–Trinajstić information content (AvgIpc) is 2.29. The SMILES string of the molecule is CCOC(=O)C(C)(OC(C)C)c1ccccc1. The van der Waals surface area contributed by atoms with Crippen molar-refractivity contribution >= 4 is 5.97 Å². The molecule has 1 rings (SSSR count). The third kappa shape index (κ3) is 3.30. The zero-order chi connectivity index (χ0) is 12.9. The van der Waals surface area contributed by atoms with Gasteiger partial charge in [-0.3, -0.25) is 0 Å². The fraction of sp³-hybridized carbons (Fsp3) is 0.500. The number of rotatable bonds is 5. The zero-order valence-electron chi connectivity index (χ0n) is 10.9. The van der Waals surface area contributed by atoms with Crippen LogP contribution in [0.25, 0.3) is 0 Å². The van der Waals surface area contributed by atoms with Crippen molar-refractivity contribution < 1.29 is 14.3 Å². The molecule has 1 aromatic carbocycles. The van der Waals surface area contributed by atoms with Crippen molar-refractivity contribution in [2.24, 2.45) is 0 Å². The van der Waals surface area contributed by atoms with Gasteiger partial charge in [0, 0.05) is 0 Å². The summed E-state index contributed by atoms with van der Waals surface area (Å²) in [5.41, 5.74) is -0.224. The molecule has 0 N–H and O–H groups in total. The van der Waals surface area contributed by atoms with Crippen molar-refractivity contribution in [1.82, 2.24) is 0 Å². The summed E-state index contributed by atoms with van der Waals surface area (Å²) in [6, 6.07) is 9.43. The highest BCUT2D eigenvalue weighted by atomic mass is 16.6. The van der Waals surface area contributed by atoms with Gasteiger partial charge in [-0.15, -0.1) is 0 Å². The number of carbonyl (C=O) groups excluding carboxylic acids is 1. The number of benzene rings is 1. The minimum atomic E-state index is -1.04. The van der Waals surface area contributed by atoms with E-state index in [1.807, 2.05) is 44.2 Å². The van der Waals surface area contributed by atoms with Gasteiger partial charge >= 0.3 is 5.97 Å². The predicted molar refractivity (Wildman–Crippen MR) is 66.6 cm³/mol. The Bertz CT molecular complexity index is 359. The van der Waals surface area contributed by atoms with Crippen LogP contribution >= 0.6 is 0 Å². The average molecular weight is 236 g/mol. The quantitative estimate of drug-likeness (QED) is 0.737. The normalized spacial score (nSPS) is 14.4. The Morgan fingerprint density at radius 3 is 2.35 bits per heavy atom. The molecule has 0 aliphatic carbocycles. The van der Waals surface area contributed by atoms with Gasteiger partial charge in [-0.2, -0.15) is 0 Å². The Morgan fingerprint density at radius 1 is 1.29 bits per heavy atom. The number of esters is 1. The van der Waals surface area contributed by atoms with Crippen LogP contribution in [-0.4, -0.2) is 18.7 Å². The van der Waals surface area contributed by atoms with E-state index in [1.54, 1.807) is 13.8 Å².